The van der Waals surface area contributed by atoms with Gasteiger partial charge in [-0.15, -0.1) is 0 Å². The van der Waals surface area contributed by atoms with Gasteiger partial charge in [0.15, 0.2) is 0 Å². The van der Waals surface area contributed by atoms with E-state index < -0.39 is 0 Å². The van der Waals surface area contributed by atoms with Crippen LogP contribution in [0, 0.1) is 0 Å². The molecule has 0 saturated heterocycles. The molecule has 0 aliphatic heterocycles. The van der Waals surface area contributed by atoms with Gasteiger partial charge in [-0.3, -0.25) is 0 Å². The molecule has 0 spiro atoms. The number of halogens is 2. The molecule has 0 amide bonds. The Kier molecular flexibility index (Phi) is 5.25. The first-order chi connectivity index (χ1) is 9.49. The van der Waals surface area contributed by atoms with E-state index in [9.17, 15) is 0 Å². The summed E-state index contributed by atoms with van der Waals surface area (Å²) in [7, 11) is 0. The fourth-order valence-corrected chi connectivity index (χ4v) is 2.70. The van der Waals surface area contributed by atoms with Crippen molar-refractivity contribution in [1.82, 2.24) is 5.32 Å². The van der Waals surface area contributed by atoms with Crippen molar-refractivity contribution in [3.63, 3.8) is 0 Å². The minimum atomic E-state index is 0.116. The van der Waals surface area contributed by atoms with Crippen LogP contribution in [-0.4, -0.2) is 6.54 Å². The third-order valence-electron chi connectivity index (χ3n) is 3.44. The Balaban J connectivity index is 1.93. The van der Waals surface area contributed by atoms with Crippen molar-refractivity contribution < 1.29 is 0 Å². The molecule has 2 aromatic carbocycles. The Morgan fingerprint density at radius 1 is 1.10 bits per heavy atom. The summed E-state index contributed by atoms with van der Waals surface area (Å²) in [4.78, 5) is 0. The second kappa shape index (κ2) is 6.75. The zero-order valence-electron chi connectivity index (χ0n) is 11.8. The van der Waals surface area contributed by atoms with Gasteiger partial charge in [0.2, 0.25) is 0 Å². The van der Waals surface area contributed by atoms with E-state index >= 15 is 0 Å². The molecule has 0 bridgehead atoms. The van der Waals surface area contributed by atoms with Gasteiger partial charge in [-0.2, -0.15) is 0 Å². The molecule has 0 aliphatic rings. The van der Waals surface area contributed by atoms with Crippen molar-refractivity contribution in [2.24, 2.45) is 0 Å². The Bertz CT molecular complexity index is 566. The second-order valence-corrected chi connectivity index (χ2v) is 6.86. The van der Waals surface area contributed by atoms with E-state index in [2.05, 4.69) is 77.6 Å². The van der Waals surface area contributed by atoms with Gasteiger partial charge < -0.3 is 5.32 Å². The highest BCUT2D eigenvalue weighted by molar-refractivity contribution is 9.10. The maximum Gasteiger partial charge on any atom is 0.0548 e. The standard InChI is InChI=1S/C17H19BrClN/c1-17(2,14-6-4-3-5-7-14)12-20-11-13-8-9-16(19)15(18)10-13/h3-10,20H,11-12H2,1-2H3. The largest absolute Gasteiger partial charge is 0.312 e. The molecule has 0 fully saturated rings. The van der Waals surface area contributed by atoms with Crippen LogP contribution in [0.15, 0.2) is 53.0 Å². The molecule has 20 heavy (non-hydrogen) atoms. The minimum absolute atomic E-state index is 0.116. The summed E-state index contributed by atoms with van der Waals surface area (Å²) in [6, 6.07) is 16.6. The summed E-state index contributed by atoms with van der Waals surface area (Å²) < 4.78 is 0.945. The van der Waals surface area contributed by atoms with Crippen LogP contribution in [0.2, 0.25) is 5.02 Å². The average molecular weight is 353 g/mol. The summed E-state index contributed by atoms with van der Waals surface area (Å²) in [5.41, 5.74) is 2.69. The predicted octanol–water partition coefficient (Wildman–Crippen LogP) is 5.17. The lowest BCUT2D eigenvalue weighted by Gasteiger charge is -2.25. The Labute approximate surface area is 134 Å². The van der Waals surface area contributed by atoms with Gasteiger partial charge in [-0.05, 0) is 39.2 Å². The van der Waals surface area contributed by atoms with Crippen LogP contribution in [0.5, 0.6) is 0 Å². The number of hydrogen-bond donors (Lipinski definition) is 1. The van der Waals surface area contributed by atoms with E-state index in [1.807, 2.05) is 6.07 Å². The molecule has 0 saturated carbocycles. The van der Waals surface area contributed by atoms with Gasteiger partial charge in [0.25, 0.3) is 0 Å². The number of nitrogens with one attached hydrogen (secondary N) is 1. The molecule has 2 rings (SSSR count). The zero-order chi connectivity index (χ0) is 14.6. The highest BCUT2D eigenvalue weighted by Crippen LogP contribution is 2.24. The maximum atomic E-state index is 6.00. The SMILES string of the molecule is CC(C)(CNCc1ccc(Cl)c(Br)c1)c1ccccc1. The van der Waals surface area contributed by atoms with Crippen LogP contribution >= 0.6 is 27.5 Å². The van der Waals surface area contributed by atoms with Crippen molar-refractivity contribution in [1.29, 1.82) is 0 Å². The molecule has 0 aliphatic carbocycles. The lowest BCUT2D eigenvalue weighted by molar-refractivity contribution is 0.469. The Hall–Kier alpha value is -0.830. The highest BCUT2D eigenvalue weighted by atomic mass is 79.9. The number of benzene rings is 2. The third kappa shape index (κ3) is 4.08. The van der Waals surface area contributed by atoms with Crippen LogP contribution in [0.1, 0.15) is 25.0 Å². The van der Waals surface area contributed by atoms with Crippen LogP contribution < -0.4 is 5.32 Å². The predicted molar refractivity (Wildman–Crippen MR) is 90.3 cm³/mol. The van der Waals surface area contributed by atoms with Crippen LogP contribution in [0.25, 0.3) is 0 Å². The van der Waals surface area contributed by atoms with Crippen molar-refractivity contribution in [2.45, 2.75) is 25.8 Å². The van der Waals surface area contributed by atoms with Gasteiger partial charge >= 0.3 is 0 Å². The highest BCUT2D eigenvalue weighted by Gasteiger charge is 2.19. The molecule has 1 N–H and O–H groups in total. The first kappa shape index (κ1) is 15.6. The number of hydrogen-bond acceptors (Lipinski definition) is 1. The fraction of sp³-hybridized carbons (Fsp3) is 0.294. The summed E-state index contributed by atoms with van der Waals surface area (Å²) >= 11 is 9.45. The molecular formula is C17H19BrClN. The topological polar surface area (TPSA) is 12.0 Å². The average Bonchev–Trinajstić information content (AvgIpc) is 2.44. The molecule has 1 nitrogen and oxygen atoms in total. The molecule has 2 aromatic rings. The third-order valence-corrected chi connectivity index (χ3v) is 4.65. The summed E-state index contributed by atoms with van der Waals surface area (Å²) in [6.07, 6.45) is 0. The monoisotopic (exact) mass is 351 g/mol. The summed E-state index contributed by atoms with van der Waals surface area (Å²) in [5, 5.41) is 4.27. The van der Waals surface area contributed by atoms with Crippen LogP contribution in [-0.2, 0) is 12.0 Å². The fourth-order valence-electron chi connectivity index (χ4n) is 2.16. The molecule has 0 unspecified atom stereocenters. The minimum Gasteiger partial charge on any atom is -0.312 e. The molecule has 0 heterocycles. The first-order valence-electron chi connectivity index (χ1n) is 6.69. The number of rotatable bonds is 5. The van der Waals surface area contributed by atoms with E-state index in [0.29, 0.717) is 0 Å². The van der Waals surface area contributed by atoms with Crippen LogP contribution in [0.3, 0.4) is 0 Å². The quantitative estimate of drug-likeness (QED) is 0.782. The van der Waals surface area contributed by atoms with E-state index in [4.69, 9.17) is 11.6 Å². The maximum absolute atomic E-state index is 6.00. The summed E-state index contributed by atoms with van der Waals surface area (Å²) in [5.74, 6) is 0. The molecule has 3 heteroatoms. The van der Waals surface area contributed by atoms with Crippen LogP contribution in [0.4, 0.5) is 0 Å². The van der Waals surface area contributed by atoms with Crippen molar-refractivity contribution >= 4 is 27.5 Å². The molecule has 106 valence electrons. The van der Waals surface area contributed by atoms with Gasteiger partial charge in [0, 0.05) is 23.0 Å². The smallest absolute Gasteiger partial charge is 0.0548 e. The molecule has 0 aromatic heterocycles. The Morgan fingerprint density at radius 3 is 2.45 bits per heavy atom. The molecule has 0 atom stereocenters. The van der Waals surface area contributed by atoms with Gasteiger partial charge in [0.05, 0.1) is 5.02 Å². The second-order valence-electron chi connectivity index (χ2n) is 5.60. The van der Waals surface area contributed by atoms with Gasteiger partial charge in [0.1, 0.15) is 0 Å². The lowest BCUT2D eigenvalue weighted by Crippen LogP contribution is -2.32. The van der Waals surface area contributed by atoms with E-state index in [0.717, 1.165) is 22.6 Å². The normalized spacial score (nSPS) is 11.6. The van der Waals surface area contributed by atoms with Crippen molar-refractivity contribution in [2.75, 3.05) is 6.54 Å². The van der Waals surface area contributed by atoms with Crippen molar-refractivity contribution in [3.8, 4) is 0 Å². The molecule has 0 radical (unpaired) electrons. The van der Waals surface area contributed by atoms with Gasteiger partial charge in [-0.1, -0.05) is 61.8 Å². The molecular weight excluding hydrogens is 334 g/mol. The van der Waals surface area contributed by atoms with E-state index in [1.165, 1.54) is 11.1 Å². The zero-order valence-corrected chi connectivity index (χ0v) is 14.1. The Morgan fingerprint density at radius 2 is 1.80 bits per heavy atom. The lowest BCUT2D eigenvalue weighted by atomic mass is 9.84. The van der Waals surface area contributed by atoms with E-state index in [-0.39, 0.29) is 5.41 Å². The summed E-state index contributed by atoms with van der Waals surface area (Å²) in [6.45, 7) is 6.28. The first-order valence-corrected chi connectivity index (χ1v) is 7.86. The van der Waals surface area contributed by atoms with Gasteiger partial charge in [-0.25, -0.2) is 0 Å². The van der Waals surface area contributed by atoms with E-state index in [1.54, 1.807) is 0 Å². The van der Waals surface area contributed by atoms with Crippen molar-refractivity contribution in [3.05, 3.63) is 69.2 Å².